The van der Waals surface area contributed by atoms with Gasteiger partial charge >= 0.3 is 0 Å². The fourth-order valence-corrected chi connectivity index (χ4v) is 5.67. The summed E-state index contributed by atoms with van der Waals surface area (Å²) < 4.78 is 14.2. The van der Waals surface area contributed by atoms with Crippen LogP contribution in [0.1, 0.15) is 47.8 Å². The summed E-state index contributed by atoms with van der Waals surface area (Å²) in [4.78, 5) is 57.6. The average molecular weight is 562 g/mol. The van der Waals surface area contributed by atoms with E-state index in [9.17, 15) is 23.6 Å². The number of halogens is 1. The van der Waals surface area contributed by atoms with Crippen molar-refractivity contribution in [2.24, 2.45) is 0 Å². The van der Waals surface area contributed by atoms with E-state index in [2.05, 4.69) is 5.32 Å². The molecule has 1 saturated heterocycles. The molecule has 6 rings (SSSR count). The summed E-state index contributed by atoms with van der Waals surface area (Å²) in [5.74, 6) is -1.49. The maximum Gasteiger partial charge on any atom is 0.255 e. The molecule has 0 bridgehead atoms. The van der Waals surface area contributed by atoms with Crippen LogP contribution in [0.4, 0.5) is 15.8 Å². The highest BCUT2D eigenvalue weighted by atomic mass is 19.1. The Morgan fingerprint density at radius 1 is 0.714 bits per heavy atom. The monoisotopic (exact) mass is 561 g/mol. The number of amides is 1. The van der Waals surface area contributed by atoms with Gasteiger partial charge in [-0.3, -0.25) is 24.1 Å². The fraction of sp³-hybridized carbons (Fsp3) is 0.176. The Hall–Kier alpha value is -4.95. The SMILES string of the molecule is O=C(Cc1ccc2c(c1NC(=O)c1ccccc1)C(=O)c1ccccc1C2=O)CN1CCN(c2ccccc2F)CC1. The van der Waals surface area contributed by atoms with Crippen molar-refractivity contribution in [3.63, 3.8) is 0 Å². The van der Waals surface area contributed by atoms with Gasteiger partial charge in [-0.05, 0) is 35.9 Å². The summed E-state index contributed by atoms with van der Waals surface area (Å²) in [5, 5.41) is 2.86. The van der Waals surface area contributed by atoms with Crippen LogP contribution in [0, 0.1) is 5.82 Å². The van der Waals surface area contributed by atoms with Gasteiger partial charge in [-0.15, -0.1) is 0 Å². The molecule has 0 atom stereocenters. The van der Waals surface area contributed by atoms with Crippen molar-refractivity contribution in [2.75, 3.05) is 42.9 Å². The first-order valence-electron chi connectivity index (χ1n) is 13.8. The number of anilines is 2. The Morgan fingerprint density at radius 2 is 1.36 bits per heavy atom. The van der Waals surface area contributed by atoms with E-state index < -0.39 is 5.91 Å². The summed E-state index contributed by atoms with van der Waals surface area (Å²) in [5.41, 5.74) is 2.47. The van der Waals surface area contributed by atoms with Crippen molar-refractivity contribution in [1.29, 1.82) is 0 Å². The number of nitrogens with zero attached hydrogens (tertiary/aromatic N) is 2. The van der Waals surface area contributed by atoms with E-state index in [0.29, 0.717) is 48.6 Å². The lowest BCUT2D eigenvalue weighted by Gasteiger charge is -2.35. The first-order chi connectivity index (χ1) is 20.4. The van der Waals surface area contributed by atoms with Crippen LogP contribution in [0.15, 0.2) is 91.0 Å². The van der Waals surface area contributed by atoms with Crippen molar-refractivity contribution < 1.29 is 23.6 Å². The van der Waals surface area contributed by atoms with E-state index >= 15 is 0 Å². The van der Waals surface area contributed by atoms with Gasteiger partial charge < -0.3 is 10.2 Å². The second-order valence-electron chi connectivity index (χ2n) is 10.5. The summed E-state index contributed by atoms with van der Waals surface area (Å²) in [6.45, 7) is 2.52. The quantitative estimate of drug-likeness (QED) is 0.308. The van der Waals surface area contributed by atoms with E-state index in [1.165, 1.54) is 6.07 Å². The molecule has 8 heteroatoms. The smallest absolute Gasteiger partial charge is 0.255 e. The third-order valence-electron chi connectivity index (χ3n) is 7.81. The lowest BCUT2D eigenvalue weighted by atomic mass is 9.81. The number of hydrogen-bond donors (Lipinski definition) is 1. The Kier molecular flexibility index (Phi) is 7.46. The molecule has 4 aromatic rings. The number of carbonyl (C=O) groups is 4. The van der Waals surface area contributed by atoms with Crippen LogP contribution in [0.5, 0.6) is 0 Å². The molecule has 0 aromatic heterocycles. The molecule has 0 radical (unpaired) electrons. The van der Waals surface area contributed by atoms with Crippen LogP contribution in [0.3, 0.4) is 0 Å². The molecule has 0 spiro atoms. The molecule has 1 aliphatic heterocycles. The zero-order valence-corrected chi connectivity index (χ0v) is 22.8. The van der Waals surface area contributed by atoms with Gasteiger partial charge in [-0.2, -0.15) is 0 Å². The highest BCUT2D eigenvalue weighted by Crippen LogP contribution is 2.35. The van der Waals surface area contributed by atoms with Crippen molar-refractivity contribution in [1.82, 2.24) is 4.90 Å². The third-order valence-corrected chi connectivity index (χ3v) is 7.81. The predicted octanol–water partition coefficient (Wildman–Crippen LogP) is 4.79. The van der Waals surface area contributed by atoms with Crippen molar-refractivity contribution in [2.45, 2.75) is 6.42 Å². The first-order valence-corrected chi connectivity index (χ1v) is 13.8. The minimum Gasteiger partial charge on any atom is -0.367 e. The Morgan fingerprint density at radius 3 is 2.07 bits per heavy atom. The van der Waals surface area contributed by atoms with Gasteiger partial charge in [0.1, 0.15) is 5.82 Å². The second-order valence-corrected chi connectivity index (χ2v) is 10.5. The van der Waals surface area contributed by atoms with Crippen molar-refractivity contribution in [3.05, 3.63) is 130 Å². The number of ketones is 3. The molecule has 0 saturated carbocycles. The molecule has 2 aliphatic rings. The third kappa shape index (κ3) is 5.24. The molecule has 0 unspecified atom stereocenters. The van der Waals surface area contributed by atoms with Gasteiger partial charge in [-0.25, -0.2) is 4.39 Å². The number of nitrogens with one attached hydrogen (secondary N) is 1. The maximum absolute atomic E-state index is 14.2. The number of hydrogen-bond acceptors (Lipinski definition) is 6. The fourth-order valence-electron chi connectivity index (χ4n) is 5.67. The Bertz CT molecular complexity index is 1710. The first kappa shape index (κ1) is 27.2. The molecule has 210 valence electrons. The number of benzene rings is 4. The van der Waals surface area contributed by atoms with Crippen LogP contribution in [0.2, 0.25) is 0 Å². The van der Waals surface area contributed by atoms with Crippen LogP contribution in [0.25, 0.3) is 0 Å². The minimum absolute atomic E-state index is 0.0334. The van der Waals surface area contributed by atoms with E-state index in [1.54, 1.807) is 84.9 Å². The zero-order valence-electron chi connectivity index (χ0n) is 22.8. The molecule has 1 heterocycles. The number of fused-ring (bicyclic) bond motifs is 2. The molecule has 1 aliphatic carbocycles. The molecule has 1 N–H and O–H groups in total. The summed E-state index contributed by atoms with van der Waals surface area (Å²) >= 11 is 0. The lowest BCUT2D eigenvalue weighted by Crippen LogP contribution is -2.48. The van der Waals surface area contributed by atoms with Gasteiger partial charge in [-0.1, -0.05) is 60.7 Å². The highest BCUT2D eigenvalue weighted by molar-refractivity contribution is 6.31. The number of rotatable bonds is 7. The standard InChI is InChI=1S/C34H28FN3O4/c35-28-12-6-7-13-29(28)38-18-16-37(17-19-38)21-24(39)20-23-14-15-27-30(31(23)36-34(42)22-8-2-1-3-9-22)33(41)26-11-5-4-10-25(26)32(27)40/h1-15H,16-21H2,(H,36,42). The van der Waals surface area contributed by atoms with E-state index in [0.717, 1.165) is 0 Å². The highest BCUT2D eigenvalue weighted by Gasteiger charge is 2.33. The lowest BCUT2D eigenvalue weighted by molar-refractivity contribution is -0.119. The number of para-hydroxylation sites is 1. The molecular formula is C34H28FN3O4. The van der Waals surface area contributed by atoms with Gasteiger partial charge in [0.15, 0.2) is 17.3 Å². The molecule has 42 heavy (non-hydrogen) atoms. The van der Waals surface area contributed by atoms with Crippen molar-refractivity contribution >= 4 is 34.6 Å². The molecule has 1 amide bonds. The molecule has 7 nitrogen and oxygen atoms in total. The molecule has 1 fully saturated rings. The number of carbonyl (C=O) groups excluding carboxylic acids is 4. The summed E-state index contributed by atoms with van der Waals surface area (Å²) in [6.07, 6.45) is -0.0334. The largest absolute Gasteiger partial charge is 0.367 e. The van der Waals surface area contributed by atoms with Crippen LogP contribution < -0.4 is 10.2 Å². The number of piperazine rings is 1. The van der Waals surface area contributed by atoms with Gasteiger partial charge in [0, 0.05) is 54.9 Å². The molecular weight excluding hydrogens is 533 g/mol. The maximum atomic E-state index is 14.2. The van der Waals surface area contributed by atoms with E-state index in [-0.39, 0.29) is 58.5 Å². The Labute approximate surface area is 242 Å². The topological polar surface area (TPSA) is 86.8 Å². The van der Waals surface area contributed by atoms with Crippen LogP contribution in [-0.2, 0) is 11.2 Å². The number of Topliss-reactive ketones (excluding diaryl/α,β-unsaturated/α-hetero) is 1. The van der Waals surface area contributed by atoms with Crippen LogP contribution in [-0.4, -0.2) is 60.9 Å². The normalized spacial score (nSPS) is 14.7. The van der Waals surface area contributed by atoms with Crippen molar-refractivity contribution in [3.8, 4) is 0 Å². The van der Waals surface area contributed by atoms with Gasteiger partial charge in [0.05, 0.1) is 23.5 Å². The second kappa shape index (κ2) is 11.5. The summed E-state index contributed by atoms with van der Waals surface area (Å²) in [6, 6.07) is 25.0. The summed E-state index contributed by atoms with van der Waals surface area (Å²) in [7, 11) is 0. The van der Waals surface area contributed by atoms with Gasteiger partial charge in [0.2, 0.25) is 0 Å². The molecule has 4 aromatic carbocycles. The Balaban J connectivity index is 1.25. The van der Waals surface area contributed by atoms with E-state index in [4.69, 9.17) is 0 Å². The van der Waals surface area contributed by atoms with E-state index in [1.807, 2.05) is 9.80 Å². The zero-order chi connectivity index (χ0) is 29.2. The van der Waals surface area contributed by atoms with Crippen LogP contribution >= 0.6 is 0 Å². The predicted molar refractivity (Wildman–Crippen MR) is 158 cm³/mol. The minimum atomic E-state index is -0.443. The van der Waals surface area contributed by atoms with Gasteiger partial charge in [0.25, 0.3) is 5.91 Å². The average Bonchev–Trinajstić information content (AvgIpc) is 3.01.